The van der Waals surface area contributed by atoms with Gasteiger partial charge in [-0.25, -0.2) is 5.10 Å². The van der Waals surface area contributed by atoms with Crippen LogP contribution in [0.3, 0.4) is 0 Å². The minimum Gasteiger partial charge on any atom is -0.250 e. The molecular formula is C16H13ClN4S. The van der Waals surface area contributed by atoms with E-state index in [-0.39, 0.29) is 0 Å². The minimum absolute atomic E-state index is 0.432. The molecule has 0 atom stereocenters. The van der Waals surface area contributed by atoms with Gasteiger partial charge in [0.05, 0.1) is 6.21 Å². The van der Waals surface area contributed by atoms with E-state index >= 15 is 0 Å². The van der Waals surface area contributed by atoms with Crippen molar-refractivity contribution in [2.75, 3.05) is 0 Å². The van der Waals surface area contributed by atoms with Gasteiger partial charge in [0, 0.05) is 16.1 Å². The van der Waals surface area contributed by atoms with E-state index in [0.717, 1.165) is 16.7 Å². The van der Waals surface area contributed by atoms with Crippen LogP contribution in [0.1, 0.15) is 11.1 Å². The molecule has 110 valence electrons. The van der Waals surface area contributed by atoms with Crippen LogP contribution in [-0.2, 0) is 0 Å². The molecular weight excluding hydrogens is 316 g/mol. The Balaban J connectivity index is 2.06. The largest absolute Gasteiger partial charge is 0.250 e. The van der Waals surface area contributed by atoms with Crippen molar-refractivity contribution in [1.82, 2.24) is 14.9 Å². The lowest BCUT2D eigenvalue weighted by Gasteiger charge is -2.04. The average molecular weight is 329 g/mol. The molecule has 1 heterocycles. The normalized spacial score (nSPS) is 11.2. The summed E-state index contributed by atoms with van der Waals surface area (Å²) in [4.78, 5) is 0. The van der Waals surface area contributed by atoms with Crippen molar-refractivity contribution < 1.29 is 0 Å². The van der Waals surface area contributed by atoms with Crippen molar-refractivity contribution in [3.63, 3.8) is 0 Å². The summed E-state index contributed by atoms with van der Waals surface area (Å²) in [6.45, 7) is 2.02. The SMILES string of the molecule is Cc1ccccc1-c1n[nH]c(=S)n1N=Cc1ccccc1Cl. The summed E-state index contributed by atoms with van der Waals surface area (Å²) < 4.78 is 2.03. The van der Waals surface area contributed by atoms with E-state index in [9.17, 15) is 0 Å². The lowest BCUT2D eigenvalue weighted by Crippen LogP contribution is -1.96. The van der Waals surface area contributed by atoms with E-state index < -0.39 is 0 Å². The van der Waals surface area contributed by atoms with Gasteiger partial charge in [0.15, 0.2) is 5.82 Å². The molecule has 0 radical (unpaired) electrons. The number of hydrogen-bond acceptors (Lipinski definition) is 3. The molecule has 0 amide bonds. The molecule has 2 aromatic carbocycles. The second-order valence-corrected chi connectivity index (χ2v) is 5.54. The summed E-state index contributed by atoms with van der Waals surface area (Å²) in [5.74, 6) is 0.673. The Hall–Kier alpha value is -2.24. The van der Waals surface area contributed by atoms with Gasteiger partial charge in [0.25, 0.3) is 0 Å². The maximum Gasteiger partial charge on any atom is 0.216 e. The van der Waals surface area contributed by atoms with Crippen LogP contribution in [0.25, 0.3) is 11.4 Å². The van der Waals surface area contributed by atoms with E-state index in [0.29, 0.717) is 15.6 Å². The number of aryl methyl sites for hydroxylation is 1. The lowest BCUT2D eigenvalue weighted by molar-refractivity contribution is 0.871. The van der Waals surface area contributed by atoms with E-state index in [2.05, 4.69) is 15.3 Å². The maximum atomic E-state index is 6.14. The topological polar surface area (TPSA) is 46.0 Å². The quantitative estimate of drug-likeness (QED) is 0.570. The second kappa shape index (κ2) is 6.25. The van der Waals surface area contributed by atoms with Gasteiger partial charge in [0.1, 0.15) is 0 Å². The first-order valence-corrected chi connectivity index (χ1v) is 7.48. The molecule has 0 aliphatic carbocycles. The number of nitrogens with one attached hydrogen (secondary N) is 1. The molecule has 3 aromatic rings. The smallest absolute Gasteiger partial charge is 0.216 e. The highest BCUT2D eigenvalue weighted by Crippen LogP contribution is 2.21. The van der Waals surface area contributed by atoms with Gasteiger partial charge in [-0.2, -0.15) is 14.9 Å². The van der Waals surface area contributed by atoms with Gasteiger partial charge in [-0.15, -0.1) is 0 Å². The Morgan fingerprint density at radius 3 is 2.68 bits per heavy atom. The third-order valence-electron chi connectivity index (χ3n) is 3.25. The van der Waals surface area contributed by atoms with Crippen LogP contribution >= 0.6 is 23.8 Å². The molecule has 6 heteroatoms. The van der Waals surface area contributed by atoms with Crippen molar-refractivity contribution in [3.05, 3.63) is 69.5 Å². The Labute approximate surface area is 138 Å². The Morgan fingerprint density at radius 2 is 1.91 bits per heavy atom. The Kier molecular flexibility index (Phi) is 4.18. The van der Waals surface area contributed by atoms with E-state index in [1.807, 2.05) is 55.5 Å². The Bertz CT molecular complexity index is 895. The van der Waals surface area contributed by atoms with E-state index in [1.165, 1.54) is 0 Å². The number of halogens is 1. The van der Waals surface area contributed by atoms with Crippen molar-refractivity contribution in [1.29, 1.82) is 0 Å². The third-order valence-corrected chi connectivity index (χ3v) is 3.86. The molecule has 0 saturated carbocycles. The number of benzene rings is 2. The van der Waals surface area contributed by atoms with Gasteiger partial charge in [-0.3, -0.25) is 0 Å². The van der Waals surface area contributed by atoms with Crippen LogP contribution in [0, 0.1) is 11.7 Å². The fourth-order valence-electron chi connectivity index (χ4n) is 2.10. The molecule has 22 heavy (non-hydrogen) atoms. The first kappa shape index (κ1) is 14.7. The first-order valence-electron chi connectivity index (χ1n) is 6.69. The van der Waals surface area contributed by atoms with Crippen LogP contribution in [-0.4, -0.2) is 21.1 Å². The van der Waals surface area contributed by atoms with Crippen LogP contribution in [0.5, 0.6) is 0 Å². The monoisotopic (exact) mass is 328 g/mol. The van der Waals surface area contributed by atoms with Gasteiger partial charge in [-0.1, -0.05) is 54.1 Å². The number of nitrogens with zero attached hydrogens (tertiary/aromatic N) is 3. The summed E-state index contributed by atoms with van der Waals surface area (Å²) >= 11 is 11.4. The minimum atomic E-state index is 0.432. The molecule has 1 N–H and O–H groups in total. The van der Waals surface area contributed by atoms with Crippen molar-refractivity contribution in [2.24, 2.45) is 5.10 Å². The molecule has 3 rings (SSSR count). The number of hydrogen-bond donors (Lipinski definition) is 1. The van der Waals surface area contributed by atoms with Crippen LogP contribution in [0.4, 0.5) is 0 Å². The van der Waals surface area contributed by atoms with Crippen LogP contribution in [0.2, 0.25) is 5.02 Å². The standard InChI is InChI=1S/C16H13ClN4S/c1-11-6-2-4-8-13(11)15-19-20-16(22)21(15)18-10-12-7-3-5-9-14(12)17/h2-10H,1H3,(H,20,22). The number of aromatic amines is 1. The first-order chi connectivity index (χ1) is 10.7. The van der Waals surface area contributed by atoms with Gasteiger partial charge < -0.3 is 0 Å². The molecule has 0 spiro atoms. The molecule has 0 unspecified atom stereocenters. The molecule has 4 nitrogen and oxygen atoms in total. The van der Waals surface area contributed by atoms with E-state index in [1.54, 1.807) is 10.9 Å². The van der Waals surface area contributed by atoms with Crippen LogP contribution < -0.4 is 0 Å². The lowest BCUT2D eigenvalue weighted by atomic mass is 10.1. The highest BCUT2D eigenvalue weighted by Gasteiger charge is 2.10. The van der Waals surface area contributed by atoms with Crippen molar-refractivity contribution in [2.45, 2.75) is 6.92 Å². The molecule has 0 aliphatic heterocycles. The highest BCUT2D eigenvalue weighted by molar-refractivity contribution is 7.71. The summed E-state index contributed by atoms with van der Waals surface area (Å²) in [6.07, 6.45) is 1.68. The Morgan fingerprint density at radius 1 is 1.18 bits per heavy atom. The third kappa shape index (κ3) is 2.86. The highest BCUT2D eigenvalue weighted by atomic mass is 35.5. The molecule has 0 bridgehead atoms. The number of H-pyrrole nitrogens is 1. The van der Waals surface area contributed by atoms with Gasteiger partial charge >= 0.3 is 0 Å². The average Bonchev–Trinajstić information content (AvgIpc) is 2.88. The zero-order valence-electron chi connectivity index (χ0n) is 11.8. The summed E-state index contributed by atoms with van der Waals surface area (Å²) in [5, 5.41) is 12.1. The van der Waals surface area contributed by atoms with Crippen molar-refractivity contribution in [3.8, 4) is 11.4 Å². The summed E-state index contributed by atoms with van der Waals surface area (Å²) in [5.41, 5.74) is 2.90. The zero-order valence-corrected chi connectivity index (χ0v) is 13.4. The summed E-state index contributed by atoms with van der Waals surface area (Å²) in [6, 6.07) is 15.4. The van der Waals surface area contributed by atoms with Gasteiger partial charge in [0.2, 0.25) is 4.77 Å². The molecule has 0 aliphatic rings. The molecule has 0 fully saturated rings. The van der Waals surface area contributed by atoms with Crippen LogP contribution in [0.15, 0.2) is 53.6 Å². The molecule has 0 saturated heterocycles. The fourth-order valence-corrected chi connectivity index (χ4v) is 2.46. The summed E-state index contributed by atoms with van der Waals surface area (Å²) in [7, 11) is 0. The second-order valence-electron chi connectivity index (χ2n) is 4.75. The predicted octanol–water partition coefficient (Wildman–Crippen LogP) is 4.45. The predicted molar refractivity (Wildman–Crippen MR) is 92.0 cm³/mol. The zero-order chi connectivity index (χ0) is 15.5. The molecule has 1 aromatic heterocycles. The van der Waals surface area contributed by atoms with E-state index in [4.69, 9.17) is 23.8 Å². The number of aromatic nitrogens is 3. The fraction of sp³-hybridized carbons (Fsp3) is 0.0625. The van der Waals surface area contributed by atoms with Gasteiger partial charge in [-0.05, 0) is 30.8 Å². The van der Waals surface area contributed by atoms with Crippen molar-refractivity contribution >= 4 is 30.0 Å². The maximum absolute atomic E-state index is 6.14. The number of rotatable bonds is 3.